The summed E-state index contributed by atoms with van der Waals surface area (Å²) >= 11 is 0. The highest BCUT2D eigenvalue weighted by atomic mass is 19.1. The standard InChI is InChI=1S/C16H9FN4O2/c17-11-6-4-10(5-7-11)14-19-15(23-20-14)12-9-18-13-3-1-2-8-21(13)16(12)22/h1-9H. The fourth-order valence-electron chi connectivity index (χ4n) is 2.22. The van der Waals surface area contributed by atoms with Gasteiger partial charge in [0, 0.05) is 18.0 Å². The van der Waals surface area contributed by atoms with Gasteiger partial charge in [-0.1, -0.05) is 11.2 Å². The van der Waals surface area contributed by atoms with E-state index < -0.39 is 0 Å². The molecule has 0 fully saturated rings. The second-order valence-corrected chi connectivity index (χ2v) is 4.84. The van der Waals surface area contributed by atoms with Gasteiger partial charge in [0.15, 0.2) is 0 Å². The van der Waals surface area contributed by atoms with Crippen LogP contribution in [0.3, 0.4) is 0 Å². The lowest BCUT2D eigenvalue weighted by atomic mass is 10.2. The maximum absolute atomic E-state index is 13.0. The maximum atomic E-state index is 13.0. The molecule has 0 saturated carbocycles. The molecule has 3 heterocycles. The first kappa shape index (κ1) is 13.3. The Balaban J connectivity index is 1.82. The lowest BCUT2D eigenvalue weighted by Gasteiger charge is -1.99. The minimum Gasteiger partial charge on any atom is -0.333 e. The molecule has 0 aliphatic heterocycles. The SMILES string of the molecule is O=c1c(-c2nc(-c3ccc(F)cc3)no2)cnc2ccccn12. The van der Waals surface area contributed by atoms with Gasteiger partial charge in [0.25, 0.3) is 11.4 Å². The first-order valence-electron chi connectivity index (χ1n) is 6.79. The summed E-state index contributed by atoms with van der Waals surface area (Å²) in [4.78, 5) is 20.9. The molecular formula is C16H9FN4O2. The normalized spacial score (nSPS) is 11.0. The smallest absolute Gasteiger partial charge is 0.270 e. The number of pyridine rings is 1. The Morgan fingerprint density at radius 3 is 2.74 bits per heavy atom. The van der Waals surface area contributed by atoms with Crippen LogP contribution in [0.2, 0.25) is 0 Å². The fraction of sp³-hybridized carbons (Fsp3) is 0. The van der Waals surface area contributed by atoms with Crippen LogP contribution in [0, 0.1) is 5.82 Å². The minimum absolute atomic E-state index is 0.0695. The van der Waals surface area contributed by atoms with Crippen molar-refractivity contribution in [2.24, 2.45) is 0 Å². The number of benzene rings is 1. The third-order valence-corrected chi connectivity index (χ3v) is 3.37. The number of hydrogen-bond acceptors (Lipinski definition) is 5. The van der Waals surface area contributed by atoms with Crippen molar-refractivity contribution in [2.45, 2.75) is 0 Å². The molecule has 0 N–H and O–H groups in total. The summed E-state index contributed by atoms with van der Waals surface area (Å²) in [5, 5.41) is 3.83. The van der Waals surface area contributed by atoms with Crippen LogP contribution in [-0.2, 0) is 0 Å². The molecule has 1 aromatic carbocycles. The summed E-state index contributed by atoms with van der Waals surface area (Å²) < 4.78 is 19.5. The maximum Gasteiger partial charge on any atom is 0.270 e. The second-order valence-electron chi connectivity index (χ2n) is 4.84. The van der Waals surface area contributed by atoms with Crippen molar-refractivity contribution in [2.75, 3.05) is 0 Å². The van der Waals surface area contributed by atoms with E-state index in [1.807, 2.05) is 0 Å². The van der Waals surface area contributed by atoms with Crippen molar-refractivity contribution in [3.63, 3.8) is 0 Å². The molecule has 0 aliphatic carbocycles. The van der Waals surface area contributed by atoms with Crippen LogP contribution in [0.25, 0.3) is 28.5 Å². The van der Waals surface area contributed by atoms with E-state index >= 15 is 0 Å². The van der Waals surface area contributed by atoms with Gasteiger partial charge in [-0.05, 0) is 36.4 Å². The highest BCUT2D eigenvalue weighted by molar-refractivity contribution is 5.59. The van der Waals surface area contributed by atoms with Crippen molar-refractivity contribution in [3.05, 3.63) is 71.0 Å². The van der Waals surface area contributed by atoms with E-state index in [4.69, 9.17) is 4.52 Å². The zero-order chi connectivity index (χ0) is 15.8. The first-order chi connectivity index (χ1) is 11.2. The summed E-state index contributed by atoms with van der Waals surface area (Å²) in [5.74, 6) is -0.00733. The largest absolute Gasteiger partial charge is 0.333 e. The number of nitrogens with zero attached hydrogens (tertiary/aromatic N) is 4. The van der Waals surface area contributed by atoms with Gasteiger partial charge in [-0.25, -0.2) is 9.37 Å². The molecule has 6 nitrogen and oxygen atoms in total. The van der Waals surface area contributed by atoms with E-state index in [1.165, 1.54) is 34.9 Å². The van der Waals surface area contributed by atoms with E-state index in [-0.39, 0.29) is 28.7 Å². The number of halogens is 1. The Labute approximate surface area is 128 Å². The number of fused-ring (bicyclic) bond motifs is 1. The zero-order valence-electron chi connectivity index (χ0n) is 11.7. The molecule has 112 valence electrons. The summed E-state index contributed by atoms with van der Waals surface area (Å²) in [6.45, 7) is 0. The van der Waals surface area contributed by atoms with E-state index in [9.17, 15) is 9.18 Å². The van der Waals surface area contributed by atoms with Crippen LogP contribution < -0.4 is 5.56 Å². The van der Waals surface area contributed by atoms with E-state index in [2.05, 4.69) is 15.1 Å². The average Bonchev–Trinajstić information content (AvgIpc) is 3.06. The van der Waals surface area contributed by atoms with Crippen LogP contribution in [0.5, 0.6) is 0 Å². The van der Waals surface area contributed by atoms with Crippen molar-refractivity contribution in [3.8, 4) is 22.8 Å². The predicted octanol–water partition coefficient (Wildman–Crippen LogP) is 2.55. The lowest BCUT2D eigenvalue weighted by molar-refractivity contribution is 0.431. The van der Waals surface area contributed by atoms with Crippen LogP contribution in [0.1, 0.15) is 0 Å². The molecule has 0 amide bonds. The minimum atomic E-state index is -0.352. The summed E-state index contributed by atoms with van der Waals surface area (Å²) in [6.07, 6.45) is 3.02. The number of rotatable bonds is 2. The third-order valence-electron chi connectivity index (χ3n) is 3.37. The molecule has 0 atom stereocenters. The average molecular weight is 308 g/mol. The van der Waals surface area contributed by atoms with Gasteiger partial charge in [-0.2, -0.15) is 4.98 Å². The second kappa shape index (κ2) is 5.13. The van der Waals surface area contributed by atoms with Gasteiger partial charge in [-0.15, -0.1) is 0 Å². The van der Waals surface area contributed by atoms with Crippen molar-refractivity contribution < 1.29 is 8.91 Å². The van der Waals surface area contributed by atoms with Crippen LogP contribution in [-0.4, -0.2) is 19.5 Å². The molecule has 0 aliphatic rings. The summed E-state index contributed by atoms with van der Waals surface area (Å²) in [6, 6.07) is 10.9. The Morgan fingerprint density at radius 2 is 1.91 bits per heavy atom. The summed E-state index contributed by atoms with van der Waals surface area (Å²) in [7, 11) is 0. The fourth-order valence-corrected chi connectivity index (χ4v) is 2.22. The first-order valence-corrected chi connectivity index (χ1v) is 6.79. The third kappa shape index (κ3) is 2.28. The molecule has 0 radical (unpaired) electrons. The Morgan fingerprint density at radius 1 is 1.09 bits per heavy atom. The molecule has 3 aromatic heterocycles. The van der Waals surface area contributed by atoms with Gasteiger partial charge < -0.3 is 4.52 Å². The van der Waals surface area contributed by atoms with Gasteiger partial charge in [0.1, 0.15) is 17.0 Å². The molecule has 0 bridgehead atoms. The molecule has 0 unspecified atom stereocenters. The van der Waals surface area contributed by atoms with Crippen molar-refractivity contribution >= 4 is 5.65 Å². The Hall–Kier alpha value is -3.35. The molecule has 4 aromatic rings. The molecule has 7 heteroatoms. The lowest BCUT2D eigenvalue weighted by Crippen LogP contribution is -2.16. The molecular weight excluding hydrogens is 299 g/mol. The monoisotopic (exact) mass is 308 g/mol. The van der Waals surface area contributed by atoms with E-state index in [1.54, 1.807) is 24.4 Å². The topological polar surface area (TPSA) is 73.3 Å². The predicted molar refractivity (Wildman–Crippen MR) is 80.1 cm³/mol. The number of aromatic nitrogens is 4. The van der Waals surface area contributed by atoms with Crippen molar-refractivity contribution in [1.29, 1.82) is 0 Å². The van der Waals surface area contributed by atoms with Gasteiger partial charge in [-0.3, -0.25) is 9.20 Å². The molecule has 23 heavy (non-hydrogen) atoms. The summed E-state index contributed by atoms with van der Waals surface area (Å²) in [5.41, 5.74) is 1.02. The molecule has 0 spiro atoms. The van der Waals surface area contributed by atoms with Gasteiger partial charge in [0.2, 0.25) is 5.82 Å². The zero-order valence-corrected chi connectivity index (χ0v) is 11.7. The van der Waals surface area contributed by atoms with Crippen molar-refractivity contribution in [1.82, 2.24) is 19.5 Å². The molecule has 0 saturated heterocycles. The van der Waals surface area contributed by atoms with Crippen LogP contribution in [0.15, 0.2) is 64.2 Å². The van der Waals surface area contributed by atoms with Gasteiger partial charge in [0.05, 0.1) is 0 Å². The molecule has 4 rings (SSSR count). The van der Waals surface area contributed by atoms with Gasteiger partial charge >= 0.3 is 0 Å². The van der Waals surface area contributed by atoms with Crippen LogP contribution in [0.4, 0.5) is 4.39 Å². The van der Waals surface area contributed by atoms with E-state index in [0.717, 1.165) is 0 Å². The highest BCUT2D eigenvalue weighted by Crippen LogP contribution is 2.20. The quantitative estimate of drug-likeness (QED) is 0.569. The Bertz CT molecular complexity index is 1050. The highest BCUT2D eigenvalue weighted by Gasteiger charge is 2.15. The van der Waals surface area contributed by atoms with E-state index in [0.29, 0.717) is 11.2 Å². The number of hydrogen-bond donors (Lipinski definition) is 0. The Kier molecular flexibility index (Phi) is 2.97. The van der Waals surface area contributed by atoms with Crippen LogP contribution >= 0.6 is 0 Å².